The van der Waals surface area contributed by atoms with E-state index in [4.69, 9.17) is 36.8 Å². The molecule has 2 aromatic carbocycles. The minimum Gasteiger partial charge on any atom is -0.507 e. The first-order valence-electron chi connectivity index (χ1n) is 8.28. The van der Waals surface area contributed by atoms with E-state index in [1.807, 2.05) is 0 Å². The van der Waals surface area contributed by atoms with Crippen molar-refractivity contribution in [1.29, 1.82) is 0 Å². The molecule has 3 heterocycles. The molecule has 0 radical (unpaired) electrons. The zero-order chi connectivity index (χ0) is 19.6. The molecule has 0 aliphatic carbocycles. The lowest BCUT2D eigenvalue weighted by molar-refractivity contribution is 0.340. The van der Waals surface area contributed by atoms with Gasteiger partial charge >= 0.3 is 11.3 Å². The normalized spacial score (nSPS) is 15.7. The van der Waals surface area contributed by atoms with Crippen molar-refractivity contribution in [3.05, 3.63) is 78.4 Å². The summed E-state index contributed by atoms with van der Waals surface area (Å²) < 4.78 is 16.4. The highest BCUT2D eigenvalue weighted by molar-refractivity contribution is 6.31. The minimum absolute atomic E-state index is 0.0146. The van der Waals surface area contributed by atoms with Gasteiger partial charge in [0, 0.05) is 22.2 Å². The molecule has 1 aliphatic heterocycles. The zero-order valence-electron chi connectivity index (χ0n) is 14.0. The van der Waals surface area contributed by atoms with Gasteiger partial charge in [0.15, 0.2) is 0 Å². The number of ether oxygens (including phenoxy) is 1. The van der Waals surface area contributed by atoms with Crippen LogP contribution in [0.25, 0.3) is 21.9 Å². The van der Waals surface area contributed by atoms with Crippen LogP contribution in [0.4, 0.5) is 0 Å². The molecule has 0 saturated heterocycles. The van der Waals surface area contributed by atoms with E-state index in [-0.39, 0.29) is 34.6 Å². The van der Waals surface area contributed by atoms with Gasteiger partial charge in [-0.3, -0.25) is 0 Å². The smallest absolute Gasteiger partial charge is 0.344 e. The van der Waals surface area contributed by atoms with Crippen LogP contribution < -0.4 is 16.0 Å². The molecule has 1 unspecified atom stereocenters. The molecule has 5 rings (SSSR count). The second kappa shape index (κ2) is 6.02. The topological polar surface area (TPSA) is 89.9 Å². The van der Waals surface area contributed by atoms with Crippen LogP contribution in [0, 0.1) is 0 Å². The highest BCUT2D eigenvalue weighted by atomic mass is 35.5. The van der Waals surface area contributed by atoms with Crippen LogP contribution in [0.2, 0.25) is 10.0 Å². The Kier molecular flexibility index (Phi) is 3.69. The molecule has 0 bridgehead atoms. The quantitative estimate of drug-likeness (QED) is 0.461. The summed E-state index contributed by atoms with van der Waals surface area (Å²) in [5.74, 6) is -0.800. The molecule has 28 heavy (non-hydrogen) atoms. The first-order chi connectivity index (χ1) is 13.4. The summed E-state index contributed by atoms with van der Waals surface area (Å²) in [5.41, 5.74) is -0.911. The fourth-order valence-corrected chi connectivity index (χ4v) is 3.90. The van der Waals surface area contributed by atoms with Crippen molar-refractivity contribution in [3.8, 4) is 11.5 Å². The Labute approximate surface area is 166 Å². The number of benzene rings is 2. The number of aromatic hydroxyl groups is 1. The van der Waals surface area contributed by atoms with Gasteiger partial charge in [0.25, 0.3) is 0 Å². The highest BCUT2D eigenvalue weighted by Crippen LogP contribution is 2.43. The predicted octanol–water partition coefficient (Wildman–Crippen LogP) is 4.44. The third-order valence-electron chi connectivity index (χ3n) is 4.82. The van der Waals surface area contributed by atoms with E-state index in [9.17, 15) is 14.7 Å². The SMILES string of the molecule is O=c1oc2cc(Cl)ccc2c(O)c1C1COc2c1c(=O)oc1cc(Cl)ccc21. The summed E-state index contributed by atoms with van der Waals surface area (Å²) in [7, 11) is 0. The zero-order valence-corrected chi connectivity index (χ0v) is 15.5. The van der Waals surface area contributed by atoms with Gasteiger partial charge in [0.1, 0.15) is 22.7 Å². The number of halogens is 2. The van der Waals surface area contributed by atoms with Gasteiger partial charge in [-0.15, -0.1) is 0 Å². The van der Waals surface area contributed by atoms with Crippen molar-refractivity contribution < 1.29 is 18.7 Å². The average Bonchev–Trinajstić information content (AvgIpc) is 3.06. The Balaban J connectivity index is 1.78. The van der Waals surface area contributed by atoms with Gasteiger partial charge in [0.2, 0.25) is 0 Å². The van der Waals surface area contributed by atoms with Crippen LogP contribution >= 0.6 is 23.2 Å². The van der Waals surface area contributed by atoms with Crippen molar-refractivity contribution in [1.82, 2.24) is 0 Å². The average molecular weight is 417 g/mol. The van der Waals surface area contributed by atoms with Gasteiger partial charge in [-0.2, -0.15) is 0 Å². The second-order valence-corrected chi connectivity index (χ2v) is 7.30. The van der Waals surface area contributed by atoms with Crippen LogP contribution in [0.15, 0.2) is 54.8 Å². The summed E-state index contributed by atoms with van der Waals surface area (Å²) >= 11 is 11.9. The van der Waals surface area contributed by atoms with Crippen LogP contribution in [-0.2, 0) is 0 Å². The molecule has 0 spiro atoms. The van der Waals surface area contributed by atoms with E-state index < -0.39 is 17.2 Å². The summed E-state index contributed by atoms with van der Waals surface area (Å²) in [4.78, 5) is 25.2. The van der Waals surface area contributed by atoms with Crippen molar-refractivity contribution in [2.24, 2.45) is 0 Å². The summed E-state index contributed by atoms with van der Waals surface area (Å²) in [6, 6.07) is 9.38. The fourth-order valence-electron chi connectivity index (χ4n) is 3.57. The number of fused-ring (bicyclic) bond motifs is 4. The molecular formula is C20H10Cl2O6. The Bertz CT molecular complexity index is 1400. The molecule has 2 aromatic heterocycles. The summed E-state index contributed by atoms with van der Waals surface area (Å²) in [6.07, 6.45) is 0. The molecule has 8 heteroatoms. The first-order valence-corrected chi connectivity index (χ1v) is 9.04. The van der Waals surface area contributed by atoms with E-state index in [1.54, 1.807) is 24.3 Å². The molecule has 4 aromatic rings. The lowest BCUT2D eigenvalue weighted by Crippen LogP contribution is -2.19. The summed E-state index contributed by atoms with van der Waals surface area (Å²) in [6.45, 7) is -0.0146. The monoisotopic (exact) mass is 416 g/mol. The van der Waals surface area contributed by atoms with Crippen molar-refractivity contribution >= 4 is 45.1 Å². The van der Waals surface area contributed by atoms with Gasteiger partial charge in [-0.1, -0.05) is 23.2 Å². The Morgan fingerprint density at radius 3 is 2.11 bits per heavy atom. The predicted molar refractivity (Wildman–Crippen MR) is 104 cm³/mol. The van der Waals surface area contributed by atoms with Crippen LogP contribution in [0.3, 0.4) is 0 Å². The van der Waals surface area contributed by atoms with Crippen molar-refractivity contribution in [3.63, 3.8) is 0 Å². The maximum atomic E-state index is 12.6. The third kappa shape index (κ3) is 2.42. The maximum Gasteiger partial charge on any atom is 0.344 e. The van der Waals surface area contributed by atoms with Gasteiger partial charge in [-0.25, -0.2) is 9.59 Å². The highest BCUT2D eigenvalue weighted by Gasteiger charge is 2.36. The molecular weight excluding hydrogens is 407 g/mol. The molecule has 6 nitrogen and oxygen atoms in total. The number of rotatable bonds is 1. The fraction of sp³-hybridized carbons (Fsp3) is 0.100. The van der Waals surface area contributed by atoms with Crippen LogP contribution in [0.5, 0.6) is 11.5 Å². The molecule has 1 N–H and O–H groups in total. The minimum atomic E-state index is -0.831. The lowest BCUT2D eigenvalue weighted by atomic mass is 9.93. The van der Waals surface area contributed by atoms with E-state index in [0.29, 0.717) is 26.6 Å². The Morgan fingerprint density at radius 1 is 0.857 bits per heavy atom. The van der Waals surface area contributed by atoms with E-state index in [2.05, 4.69) is 0 Å². The largest absolute Gasteiger partial charge is 0.507 e. The summed E-state index contributed by atoms with van der Waals surface area (Å²) in [5, 5.41) is 12.4. The van der Waals surface area contributed by atoms with Gasteiger partial charge < -0.3 is 18.7 Å². The van der Waals surface area contributed by atoms with E-state index >= 15 is 0 Å². The van der Waals surface area contributed by atoms with Crippen molar-refractivity contribution in [2.45, 2.75) is 5.92 Å². The standard InChI is InChI=1S/C20H10Cl2O6/c21-8-1-3-10-13(5-8)27-19(24)15(17(10)23)12-7-26-18-11-4-2-9(22)6-14(11)28-20(25)16(12)18/h1-6,12,23H,7H2. The number of hydrogen-bond donors (Lipinski definition) is 1. The molecule has 0 amide bonds. The number of hydrogen-bond acceptors (Lipinski definition) is 6. The maximum absolute atomic E-state index is 12.6. The molecule has 1 atom stereocenters. The molecule has 0 saturated carbocycles. The molecule has 0 fully saturated rings. The Morgan fingerprint density at radius 2 is 1.43 bits per heavy atom. The van der Waals surface area contributed by atoms with E-state index in [1.165, 1.54) is 12.1 Å². The molecule has 140 valence electrons. The second-order valence-electron chi connectivity index (χ2n) is 6.43. The lowest BCUT2D eigenvalue weighted by Gasteiger charge is -2.11. The molecule has 1 aliphatic rings. The van der Waals surface area contributed by atoms with Crippen LogP contribution in [0.1, 0.15) is 17.0 Å². The Hall–Kier alpha value is -2.96. The van der Waals surface area contributed by atoms with Crippen molar-refractivity contribution in [2.75, 3.05) is 6.61 Å². The third-order valence-corrected chi connectivity index (χ3v) is 5.29. The van der Waals surface area contributed by atoms with Gasteiger partial charge in [0.05, 0.1) is 34.4 Å². The van der Waals surface area contributed by atoms with Gasteiger partial charge in [-0.05, 0) is 24.3 Å². The first kappa shape index (κ1) is 17.2. The van der Waals surface area contributed by atoms with E-state index in [0.717, 1.165) is 0 Å². The van der Waals surface area contributed by atoms with Crippen LogP contribution in [-0.4, -0.2) is 11.7 Å².